The van der Waals surface area contributed by atoms with E-state index >= 15 is 0 Å². The number of carbonyl (C=O) groups excluding carboxylic acids is 2. The molecule has 5 heteroatoms. The normalized spacial score (nSPS) is 19.6. The summed E-state index contributed by atoms with van der Waals surface area (Å²) in [6.45, 7) is 2.84. The van der Waals surface area contributed by atoms with Crippen molar-refractivity contribution < 1.29 is 14.3 Å². The first-order valence-electron chi connectivity index (χ1n) is 9.07. The van der Waals surface area contributed by atoms with E-state index in [9.17, 15) is 9.59 Å². The van der Waals surface area contributed by atoms with Crippen LogP contribution >= 0.6 is 11.3 Å². The van der Waals surface area contributed by atoms with Crippen LogP contribution in [0.2, 0.25) is 0 Å². The lowest BCUT2D eigenvalue weighted by molar-refractivity contribution is 0.0997. The molecule has 2 aromatic rings. The number of piperidine rings is 1. The van der Waals surface area contributed by atoms with Crippen LogP contribution in [0.4, 0.5) is 4.79 Å². The Balaban J connectivity index is 1.97. The van der Waals surface area contributed by atoms with Gasteiger partial charge in [-0.25, -0.2) is 4.79 Å². The highest BCUT2D eigenvalue weighted by molar-refractivity contribution is 7.12. The van der Waals surface area contributed by atoms with Crippen LogP contribution in [0, 0.1) is 0 Å². The van der Waals surface area contributed by atoms with Gasteiger partial charge in [0.15, 0.2) is 5.78 Å². The largest absolute Gasteiger partial charge is 0.449 e. The molecule has 2 aliphatic rings. The van der Waals surface area contributed by atoms with E-state index in [0.29, 0.717) is 19.6 Å². The molecule has 0 saturated carbocycles. The van der Waals surface area contributed by atoms with Crippen LogP contribution in [0.15, 0.2) is 41.4 Å². The van der Waals surface area contributed by atoms with Gasteiger partial charge in [0.2, 0.25) is 0 Å². The maximum atomic E-state index is 12.8. The third-order valence-electron chi connectivity index (χ3n) is 4.97. The molecule has 4 nitrogen and oxygen atoms in total. The lowest BCUT2D eigenvalue weighted by Gasteiger charge is -2.31. The van der Waals surface area contributed by atoms with E-state index in [-0.39, 0.29) is 11.9 Å². The quantitative estimate of drug-likeness (QED) is 0.721. The lowest BCUT2D eigenvalue weighted by Crippen LogP contribution is -2.35. The van der Waals surface area contributed by atoms with Gasteiger partial charge in [-0.3, -0.25) is 9.69 Å². The lowest BCUT2D eigenvalue weighted by atomic mass is 9.91. The van der Waals surface area contributed by atoms with E-state index in [1.807, 2.05) is 36.6 Å². The number of carbonyl (C=O) groups is 2. The van der Waals surface area contributed by atoms with Gasteiger partial charge >= 0.3 is 6.09 Å². The second-order valence-electron chi connectivity index (χ2n) is 6.55. The number of ketones is 1. The van der Waals surface area contributed by atoms with Crippen molar-refractivity contribution >= 4 is 28.8 Å². The molecule has 0 N–H and O–H groups in total. The zero-order valence-electron chi connectivity index (χ0n) is 14.8. The molecule has 0 spiro atoms. The summed E-state index contributed by atoms with van der Waals surface area (Å²) in [4.78, 5) is 27.9. The van der Waals surface area contributed by atoms with Crippen LogP contribution < -0.4 is 0 Å². The van der Waals surface area contributed by atoms with E-state index in [4.69, 9.17) is 4.74 Å². The Bertz CT molecular complexity index is 896. The monoisotopic (exact) mass is 367 g/mol. The maximum Gasteiger partial charge on any atom is 0.414 e. The number of allylic oxidation sites excluding steroid dienone is 1. The van der Waals surface area contributed by atoms with Crippen molar-refractivity contribution in [1.29, 1.82) is 0 Å². The van der Waals surface area contributed by atoms with Gasteiger partial charge in [-0.1, -0.05) is 24.3 Å². The molecule has 0 bridgehead atoms. The first kappa shape index (κ1) is 17.0. The predicted molar refractivity (Wildman–Crippen MR) is 102 cm³/mol. The summed E-state index contributed by atoms with van der Waals surface area (Å²) in [6, 6.07) is 10.1. The first-order valence-corrected chi connectivity index (χ1v) is 9.95. The number of benzene rings is 1. The molecule has 134 valence electrons. The van der Waals surface area contributed by atoms with E-state index in [0.717, 1.165) is 52.1 Å². The summed E-state index contributed by atoms with van der Waals surface area (Å²) < 4.78 is 5.30. The Morgan fingerprint density at radius 3 is 2.88 bits per heavy atom. The number of likely N-dealkylation sites (tertiary alicyclic amines) is 1. The zero-order valence-corrected chi connectivity index (χ0v) is 15.6. The van der Waals surface area contributed by atoms with Crippen molar-refractivity contribution in [3.05, 3.63) is 63.0 Å². The van der Waals surface area contributed by atoms with Crippen LogP contribution in [0.25, 0.3) is 5.57 Å². The molecule has 0 atom stereocenters. The molecule has 1 aromatic carbocycles. The average Bonchev–Trinajstić information content (AvgIpc) is 3.09. The molecule has 2 heterocycles. The molecule has 1 saturated heterocycles. The van der Waals surface area contributed by atoms with Gasteiger partial charge in [0.25, 0.3) is 0 Å². The molecule has 1 aliphatic carbocycles. The van der Waals surface area contributed by atoms with Gasteiger partial charge in [-0.05, 0) is 48.8 Å². The molecule has 1 aromatic heterocycles. The highest BCUT2D eigenvalue weighted by Crippen LogP contribution is 2.41. The third kappa shape index (κ3) is 2.86. The van der Waals surface area contributed by atoms with Gasteiger partial charge in [0.05, 0.1) is 11.5 Å². The Morgan fingerprint density at radius 2 is 2.04 bits per heavy atom. The number of hydrogen-bond acceptors (Lipinski definition) is 4. The number of amides is 1. The highest BCUT2D eigenvalue weighted by atomic mass is 32.1. The van der Waals surface area contributed by atoms with Gasteiger partial charge < -0.3 is 4.74 Å². The van der Waals surface area contributed by atoms with Crippen LogP contribution in [-0.2, 0) is 11.2 Å². The third-order valence-corrected chi connectivity index (χ3v) is 5.93. The van der Waals surface area contributed by atoms with Crippen molar-refractivity contribution in [2.45, 2.75) is 32.6 Å². The minimum Gasteiger partial charge on any atom is -0.449 e. The number of ether oxygens (including phenoxy) is 1. The van der Waals surface area contributed by atoms with Crippen LogP contribution in [-0.4, -0.2) is 29.9 Å². The Morgan fingerprint density at radius 1 is 1.19 bits per heavy atom. The van der Waals surface area contributed by atoms with Crippen molar-refractivity contribution in [3.63, 3.8) is 0 Å². The van der Waals surface area contributed by atoms with Gasteiger partial charge in [-0.15, -0.1) is 11.3 Å². The van der Waals surface area contributed by atoms with E-state index in [2.05, 4.69) is 6.07 Å². The molecule has 1 amide bonds. The molecular weight excluding hydrogens is 346 g/mol. The molecule has 0 unspecified atom stereocenters. The molecule has 1 fully saturated rings. The topological polar surface area (TPSA) is 46.6 Å². The Hall–Kier alpha value is -2.40. The number of thiophene rings is 1. The summed E-state index contributed by atoms with van der Waals surface area (Å²) in [6.07, 6.45) is 2.92. The number of nitrogens with zero attached hydrogens (tertiary/aromatic N) is 1. The van der Waals surface area contributed by atoms with Crippen LogP contribution in [0.3, 0.4) is 0 Å². The number of fused-ring (bicyclic) bond motifs is 2. The number of rotatable bonds is 1. The van der Waals surface area contributed by atoms with Crippen molar-refractivity contribution in [1.82, 2.24) is 4.90 Å². The second kappa shape index (κ2) is 7.08. The maximum absolute atomic E-state index is 12.8. The fourth-order valence-corrected chi connectivity index (χ4v) is 4.69. The predicted octanol–water partition coefficient (Wildman–Crippen LogP) is 4.89. The Labute approximate surface area is 157 Å². The minimum absolute atomic E-state index is 0.150. The van der Waals surface area contributed by atoms with Gasteiger partial charge in [0, 0.05) is 29.8 Å². The van der Waals surface area contributed by atoms with E-state index in [1.54, 1.807) is 4.90 Å². The smallest absolute Gasteiger partial charge is 0.414 e. The molecular formula is C21H21NO3S. The summed E-state index contributed by atoms with van der Waals surface area (Å²) in [5.74, 6) is 0.150. The van der Waals surface area contributed by atoms with Crippen LogP contribution in [0.5, 0.6) is 0 Å². The standard InChI is InChI=1S/C21H21NO3S/c1-2-25-21(24)22-11-6-5-9-17(22)19-15-8-4-3-7-14(15)13-18(23)20-16(19)10-12-26-20/h3-4,7-8,10,12H,2,5-6,9,11,13H2,1H3. The fourth-order valence-electron chi connectivity index (χ4n) is 3.84. The molecule has 1 aliphatic heterocycles. The van der Waals surface area contributed by atoms with Crippen LogP contribution in [0.1, 0.15) is 52.5 Å². The van der Waals surface area contributed by atoms with Crippen molar-refractivity contribution in [3.8, 4) is 0 Å². The summed E-state index contributed by atoms with van der Waals surface area (Å²) in [5, 5.41) is 1.97. The zero-order chi connectivity index (χ0) is 18.1. The van der Waals surface area contributed by atoms with Gasteiger partial charge in [-0.2, -0.15) is 0 Å². The molecule has 26 heavy (non-hydrogen) atoms. The van der Waals surface area contributed by atoms with Crippen molar-refractivity contribution in [2.75, 3.05) is 13.2 Å². The van der Waals surface area contributed by atoms with Crippen molar-refractivity contribution in [2.24, 2.45) is 0 Å². The number of Topliss-reactive ketones (excluding diaryl/α,β-unsaturated/α-hetero) is 1. The first-order chi connectivity index (χ1) is 12.7. The molecule has 4 rings (SSSR count). The fraction of sp³-hybridized carbons (Fsp3) is 0.333. The summed E-state index contributed by atoms with van der Waals surface area (Å²) >= 11 is 1.49. The molecule has 0 radical (unpaired) electrons. The Kier molecular flexibility index (Phi) is 4.64. The average molecular weight is 367 g/mol. The van der Waals surface area contributed by atoms with E-state index < -0.39 is 0 Å². The number of hydrogen-bond donors (Lipinski definition) is 0. The highest BCUT2D eigenvalue weighted by Gasteiger charge is 2.31. The van der Waals surface area contributed by atoms with E-state index in [1.165, 1.54) is 11.3 Å². The second-order valence-corrected chi connectivity index (χ2v) is 7.47. The minimum atomic E-state index is -0.292. The SMILES string of the molecule is CCOC(=O)N1CCCCC1=C1c2ccccc2CC(=O)c2sccc21. The summed E-state index contributed by atoms with van der Waals surface area (Å²) in [5.41, 5.74) is 5.05. The summed E-state index contributed by atoms with van der Waals surface area (Å²) in [7, 11) is 0. The van der Waals surface area contributed by atoms with Gasteiger partial charge in [0.1, 0.15) is 0 Å².